The number of amides is 1. The minimum Gasteiger partial charge on any atom is -0.497 e. The molecule has 7 heteroatoms. The lowest BCUT2D eigenvalue weighted by molar-refractivity contribution is -0.122. The number of methoxy groups -OCH3 is 1. The Hall–Kier alpha value is -2.64. The first-order valence-electron chi connectivity index (χ1n) is 11.1. The van der Waals surface area contributed by atoms with Gasteiger partial charge in [0.25, 0.3) is 0 Å². The summed E-state index contributed by atoms with van der Waals surface area (Å²) in [5, 5.41) is 4.32. The van der Waals surface area contributed by atoms with E-state index in [1.165, 1.54) is 0 Å². The van der Waals surface area contributed by atoms with Crippen molar-refractivity contribution in [3.63, 3.8) is 0 Å². The Morgan fingerprint density at radius 1 is 1.19 bits per heavy atom. The number of para-hydroxylation sites is 1. The molecule has 170 valence electrons. The van der Waals surface area contributed by atoms with Crippen molar-refractivity contribution < 1.29 is 13.7 Å². The highest BCUT2D eigenvalue weighted by molar-refractivity contribution is 7.85. The molecule has 2 heterocycles. The predicted octanol–water partition coefficient (Wildman–Crippen LogP) is 3.27. The molecular formula is C25H31N3O3S. The third kappa shape index (κ3) is 5.22. The van der Waals surface area contributed by atoms with Crippen molar-refractivity contribution in [2.45, 2.75) is 24.8 Å². The van der Waals surface area contributed by atoms with E-state index in [1.54, 1.807) is 7.11 Å². The van der Waals surface area contributed by atoms with Gasteiger partial charge < -0.3 is 15.0 Å². The van der Waals surface area contributed by atoms with Crippen molar-refractivity contribution in [2.24, 2.45) is 0 Å². The molecule has 4 rings (SSSR count). The number of likely N-dealkylation sites (N-methyl/N-ethyl adjacent to an activating group) is 1. The van der Waals surface area contributed by atoms with Gasteiger partial charge in [0, 0.05) is 57.9 Å². The topological polar surface area (TPSA) is 74.4 Å². The van der Waals surface area contributed by atoms with Crippen LogP contribution in [-0.2, 0) is 15.6 Å². The minimum absolute atomic E-state index is 0.0116. The van der Waals surface area contributed by atoms with Gasteiger partial charge in [-0.3, -0.25) is 13.9 Å². The fraction of sp³-hybridized carbons (Fsp3) is 0.400. The van der Waals surface area contributed by atoms with Gasteiger partial charge in [-0.25, -0.2) is 0 Å². The largest absolute Gasteiger partial charge is 0.497 e. The normalized spacial score (nSPS) is 19.7. The van der Waals surface area contributed by atoms with Crippen molar-refractivity contribution in [3.05, 3.63) is 65.9 Å². The SMILES string of the molecule is COc1ccc(C(CNC(=O)CN(C)C2CCS(=O)CC2)c2c[nH]c3ccccc23)cc1. The molecule has 1 aliphatic rings. The minimum atomic E-state index is -0.692. The van der Waals surface area contributed by atoms with Crippen molar-refractivity contribution >= 4 is 27.6 Å². The predicted molar refractivity (Wildman–Crippen MR) is 130 cm³/mol. The second-order valence-electron chi connectivity index (χ2n) is 8.41. The quantitative estimate of drug-likeness (QED) is 0.549. The van der Waals surface area contributed by atoms with Crippen LogP contribution in [0.3, 0.4) is 0 Å². The van der Waals surface area contributed by atoms with E-state index >= 15 is 0 Å². The third-order valence-electron chi connectivity index (χ3n) is 6.39. The van der Waals surface area contributed by atoms with Crippen LogP contribution in [0.25, 0.3) is 10.9 Å². The van der Waals surface area contributed by atoms with Crippen molar-refractivity contribution in [1.29, 1.82) is 0 Å². The van der Waals surface area contributed by atoms with E-state index in [9.17, 15) is 9.00 Å². The number of H-pyrrole nitrogens is 1. The Balaban J connectivity index is 1.48. The molecule has 1 fully saturated rings. The van der Waals surface area contributed by atoms with Crippen molar-refractivity contribution in [3.8, 4) is 5.75 Å². The summed E-state index contributed by atoms with van der Waals surface area (Å²) < 4.78 is 16.9. The number of rotatable bonds is 8. The first kappa shape index (κ1) is 22.6. The summed E-state index contributed by atoms with van der Waals surface area (Å²) in [7, 11) is 2.95. The van der Waals surface area contributed by atoms with Crippen LogP contribution in [-0.4, -0.2) is 64.8 Å². The number of carbonyl (C=O) groups excluding carboxylic acids is 1. The maximum Gasteiger partial charge on any atom is 0.234 e. The van der Waals surface area contributed by atoms with Crippen LogP contribution in [0.4, 0.5) is 0 Å². The molecule has 3 aromatic rings. The van der Waals surface area contributed by atoms with Gasteiger partial charge in [-0.2, -0.15) is 0 Å². The van der Waals surface area contributed by atoms with Gasteiger partial charge in [-0.15, -0.1) is 0 Å². The molecule has 2 N–H and O–H groups in total. The van der Waals surface area contributed by atoms with Crippen LogP contribution in [0.2, 0.25) is 0 Å². The van der Waals surface area contributed by atoms with Crippen molar-refractivity contribution in [2.75, 3.05) is 38.8 Å². The van der Waals surface area contributed by atoms with E-state index in [4.69, 9.17) is 4.74 Å². The molecule has 1 amide bonds. The van der Waals surface area contributed by atoms with Gasteiger partial charge in [0.05, 0.1) is 13.7 Å². The summed E-state index contributed by atoms with van der Waals surface area (Å²) in [4.78, 5) is 18.2. The van der Waals surface area contributed by atoms with E-state index in [1.807, 2.05) is 37.5 Å². The molecule has 1 atom stereocenters. The van der Waals surface area contributed by atoms with Crippen LogP contribution in [0.5, 0.6) is 5.75 Å². The van der Waals surface area contributed by atoms with Gasteiger partial charge in [-0.05, 0) is 49.2 Å². The summed E-state index contributed by atoms with van der Waals surface area (Å²) >= 11 is 0. The number of benzene rings is 2. The van der Waals surface area contributed by atoms with E-state index in [0.717, 1.165) is 52.1 Å². The van der Waals surface area contributed by atoms with E-state index in [-0.39, 0.29) is 11.8 Å². The second kappa shape index (κ2) is 10.3. The third-order valence-corrected chi connectivity index (χ3v) is 7.77. The Labute approximate surface area is 191 Å². The number of nitrogens with zero attached hydrogens (tertiary/aromatic N) is 1. The number of hydrogen-bond acceptors (Lipinski definition) is 4. The lowest BCUT2D eigenvalue weighted by atomic mass is 9.90. The molecule has 0 saturated carbocycles. The summed E-state index contributed by atoms with van der Waals surface area (Å²) in [6.07, 6.45) is 3.82. The highest BCUT2D eigenvalue weighted by Gasteiger charge is 2.24. The van der Waals surface area contributed by atoms with Gasteiger partial charge in [0.2, 0.25) is 5.91 Å². The van der Waals surface area contributed by atoms with Gasteiger partial charge in [0.1, 0.15) is 5.75 Å². The number of fused-ring (bicyclic) bond motifs is 1. The fourth-order valence-electron chi connectivity index (χ4n) is 4.48. The molecule has 32 heavy (non-hydrogen) atoms. The van der Waals surface area contributed by atoms with Crippen LogP contribution in [0.15, 0.2) is 54.7 Å². The zero-order chi connectivity index (χ0) is 22.5. The first-order chi connectivity index (χ1) is 15.5. The van der Waals surface area contributed by atoms with Crippen LogP contribution < -0.4 is 10.1 Å². The van der Waals surface area contributed by atoms with E-state index in [0.29, 0.717) is 19.1 Å². The highest BCUT2D eigenvalue weighted by atomic mass is 32.2. The number of carbonyl (C=O) groups is 1. The second-order valence-corrected chi connectivity index (χ2v) is 10.1. The monoisotopic (exact) mass is 453 g/mol. The molecule has 1 saturated heterocycles. The highest BCUT2D eigenvalue weighted by Crippen LogP contribution is 2.31. The molecule has 1 aromatic heterocycles. The van der Waals surface area contributed by atoms with Crippen LogP contribution in [0.1, 0.15) is 29.9 Å². The molecule has 0 aliphatic carbocycles. The Morgan fingerprint density at radius 2 is 1.91 bits per heavy atom. The average Bonchev–Trinajstić information content (AvgIpc) is 3.24. The van der Waals surface area contributed by atoms with Crippen molar-refractivity contribution in [1.82, 2.24) is 15.2 Å². The average molecular weight is 454 g/mol. The van der Waals surface area contributed by atoms with Gasteiger partial charge in [-0.1, -0.05) is 30.3 Å². The van der Waals surface area contributed by atoms with Gasteiger partial charge >= 0.3 is 0 Å². The molecular weight excluding hydrogens is 422 g/mol. The van der Waals surface area contributed by atoms with Gasteiger partial charge in [0.15, 0.2) is 0 Å². The molecule has 0 spiro atoms. The number of aromatic amines is 1. The zero-order valence-electron chi connectivity index (χ0n) is 18.7. The Morgan fingerprint density at radius 3 is 2.62 bits per heavy atom. The zero-order valence-corrected chi connectivity index (χ0v) is 19.5. The maximum absolute atomic E-state index is 12.8. The van der Waals surface area contributed by atoms with E-state index < -0.39 is 10.8 Å². The standard InChI is InChI=1S/C25H31N3O3S/c1-28(19-11-13-32(30)14-12-19)17-25(29)27-15-22(18-7-9-20(31-2)10-8-18)23-16-26-24-6-4-3-5-21(23)24/h3-10,16,19,22,26H,11-15,17H2,1-2H3,(H,27,29). The molecule has 0 radical (unpaired) electrons. The summed E-state index contributed by atoms with van der Waals surface area (Å²) in [6.45, 7) is 0.857. The molecule has 1 aliphatic heterocycles. The maximum atomic E-state index is 12.8. The molecule has 0 bridgehead atoms. The van der Waals surface area contributed by atoms with Crippen LogP contribution >= 0.6 is 0 Å². The number of nitrogens with one attached hydrogen (secondary N) is 2. The Kier molecular flexibility index (Phi) is 7.27. The smallest absolute Gasteiger partial charge is 0.234 e. The first-order valence-corrected chi connectivity index (χ1v) is 12.6. The summed E-state index contributed by atoms with van der Waals surface area (Å²) in [5.41, 5.74) is 3.37. The Bertz CT molecular complexity index is 1070. The number of hydrogen-bond donors (Lipinski definition) is 2. The van der Waals surface area contributed by atoms with Crippen LogP contribution in [0, 0.1) is 0 Å². The van der Waals surface area contributed by atoms with E-state index in [2.05, 4.69) is 39.5 Å². The lowest BCUT2D eigenvalue weighted by Gasteiger charge is -2.30. The fourth-order valence-corrected chi connectivity index (χ4v) is 5.75. The number of aromatic nitrogens is 1. The molecule has 6 nitrogen and oxygen atoms in total. The molecule has 1 unspecified atom stereocenters. The lowest BCUT2D eigenvalue weighted by Crippen LogP contribution is -2.44. The summed E-state index contributed by atoms with van der Waals surface area (Å²) in [5.74, 6) is 2.31. The summed E-state index contributed by atoms with van der Waals surface area (Å²) in [6, 6.07) is 16.6. The number of ether oxygens (including phenoxy) is 1. The molecule has 2 aromatic carbocycles.